The highest BCUT2D eigenvalue weighted by molar-refractivity contribution is 8.00. The molecule has 7 rings (SSSR count). The minimum absolute atomic E-state index is 0.234. The van der Waals surface area contributed by atoms with Crippen molar-refractivity contribution in [2.24, 2.45) is 0 Å². The Hall–Kier alpha value is -3.57. The lowest BCUT2D eigenvalue weighted by Gasteiger charge is -2.15. The SMILES string of the molecule is CC1=CC(n2c3cccnc3c3nc4c5ccccc5n(-c5ccccc5)c4cc32)SC1C. The molecule has 0 fully saturated rings. The maximum atomic E-state index is 5.28. The Labute approximate surface area is 195 Å². The van der Waals surface area contributed by atoms with E-state index in [1.54, 1.807) is 0 Å². The Kier molecular flexibility index (Phi) is 4.00. The van der Waals surface area contributed by atoms with Crippen LogP contribution < -0.4 is 0 Å². The van der Waals surface area contributed by atoms with E-state index >= 15 is 0 Å². The van der Waals surface area contributed by atoms with Crippen LogP contribution in [-0.4, -0.2) is 24.4 Å². The molecule has 0 saturated carbocycles. The van der Waals surface area contributed by atoms with Crippen LogP contribution in [0.5, 0.6) is 0 Å². The molecule has 0 bridgehead atoms. The van der Waals surface area contributed by atoms with Crippen molar-refractivity contribution in [3.63, 3.8) is 0 Å². The zero-order valence-electron chi connectivity index (χ0n) is 18.4. The molecule has 1 aliphatic heterocycles. The summed E-state index contributed by atoms with van der Waals surface area (Å²) in [7, 11) is 0. The van der Waals surface area contributed by atoms with Gasteiger partial charge in [-0.2, -0.15) is 0 Å². The number of hydrogen-bond donors (Lipinski definition) is 0. The standard InChI is InChI=1S/C28H22N4S/c1-17-15-25(33-18(17)2)32-22-13-8-14-29-27(22)28-24(32)16-23-26(30-28)20-11-6-7-12-21(20)31(23)19-9-4-3-5-10-19/h3-16,18,25H,1-2H3. The molecule has 2 aromatic carbocycles. The predicted molar refractivity (Wildman–Crippen MR) is 139 cm³/mol. The van der Waals surface area contributed by atoms with Gasteiger partial charge in [-0.15, -0.1) is 11.8 Å². The van der Waals surface area contributed by atoms with Crippen LogP contribution >= 0.6 is 11.8 Å². The quantitative estimate of drug-likeness (QED) is 0.263. The van der Waals surface area contributed by atoms with Gasteiger partial charge in [0.1, 0.15) is 11.0 Å². The Morgan fingerprint density at radius 3 is 2.39 bits per heavy atom. The molecule has 4 nitrogen and oxygen atoms in total. The third-order valence-corrected chi connectivity index (χ3v) is 8.22. The highest BCUT2D eigenvalue weighted by atomic mass is 32.2. The predicted octanol–water partition coefficient (Wildman–Crippen LogP) is 7.26. The Bertz CT molecular complexity index is 1730. The summed E-state index contributed by atoms with van der Waals surface area (Å²) in [6, 6.07) is 25.6. The molecule has 5 heteroatoms. The summed E-state index contributed by atoms with van der Waals surface area (Å²) in [5.74, 6) is 0. The van der Waals surface area contributed by atoms with E-state index in [1.165, 1.54) is 11.1 Å². The van der Waals surface area contributed by atoms with Crippen molar-refractivity contribution in [2.75, 3.05) is 0 Å². The zero-order valence-corrected chi connectivity index (χ0v) is 19.3. The van der Waals surface area contributed by atoms with Crippen LogP contribution in [-0.2, 0) is 0 Å². The van der Waals surface area contributed by atoms with Crippen molar-refractivity contribution >= 4 is 55.8 Å². The third-order valence-electron chi connectivity index (χ3n) is 6.81. The minimum atomic E-state index is 0.234. The van der Waals surface area contributed by atoms with Gasteiger partial charge in [0.15, 0.2) is 0 Å². The second-order valence-corrected chi connectivity index (χ2v) is 10.2. The Morgan fingerprint density at radius 2 is 1.58 bits per heavy atom. The molecule has 0 aliphatic carbocycles. The maximum Gasteiger partial charge on any atom is 0.115 e. The number of thioether (sulfide) groups is 1. The van der Waals surface area contributed by atoms with Crippen molar-refractivity contribution in [1.29, 1.82) is 0 Å². The molecule has 0 amide bonds. The topological polar surface area (TPSA) is 35.6 Å². The van der Waals surface area contributed by atoms with Crippen LogP contribution in [0.15, 0.2) is 90.6 Å². The van der Waals surface area contributed by atoms with Crippen LogP contribution in [0.4, 0.5) is 0 Å². The summed E-state index contributed by atoms with van der Waals surface area (Å²) in [6.07, 6.45) is 4.26. The fourth-order valence-electron chi connectivity index (χ4n) is 5.10. The van der Waals surface area contributed by atoms with Crippen molar-refractivity contribution in [2.45, 2.75) is 24.5 Å². The summed E-state index contributed by atoms with van der Waals surface area (Å²) in [6.45, 7) is 4.51. The molecular formula is C28H22N4S. The van der Waals surface area contributed by atoms with Gasteiger partial charge in [-0.25, -0.2) is 4.98 Å². The van der Waals surface area contributed by atoms with Crippen LogP contribution in [0.3, 0.4) is 0 Å². The van der Waals surface area contributed by atoms with Gasteiger partial charge in [0.2, 0.25) is 0 Å². The van der Waals surface area contributed by atoms with Crippen molar-refractivity contribution in [3.05, 3.63) is 90.6 Å². The van der Waals surface area contributed by atoms with E-state index in [1.807, 2.05) is 24.0 Å². The summed E-state index contributed by atoms with van der Waals surface area (Å²) in [5.41, 5.74) is 10.1. The van der Waals surface area contributed by atoms with E-state index in [9.17, 15) is 0 Å². The number of para-hydroxylation sites is 2. The fraction of sp³-hybridized carbons (Fsp3) is 0.143. The van der Waals surface area contributed by atoms with Crippen LogP contribution in [0, 0.1) is 0 Å². The maximum absolute atomic E-state index is 5.28. The smallest absolute Gasteiger partial charge is 0.115 e. The summed E-state index contributed by atoms with van der Waals surface area (Å²) in [5, 5.41) is 1.90. The second-order valence-electron chi connectivity index (χ2n) is 8.73. The first kappa shape index (κ1) is 18.9. The first-order chi connectivity index (χ1) is 16.2. The van der Waals surface area contributed by atoms with Gasteiger partial charge in [0, 0.05) is 22.5 Å². The average molecular weight is 447 g/mol. The molecule has 0 saturated heterocycles. The monoisotopic (exact) mass is 446 g/mol. The van der Waals surface area contributed by atoms with Gasteiger partial charge in [0.05, 0.1) is 33.0 Å². The summed E-state index contributed by atoms with van der Waals surface area (Å²) in [4.78, 5) is 10.0. The number of pyridine rings is 2. The Balaban J connectivity index is 1.65. The van der Waals surface area contributed by atoms with E-state index in [2.05, 4.69) is 95.8 Å². The summed E-state index contributed by atoms with van der Waals surface area (Å²) >= 11 is 1.98. The van der Waals surface area contributed by atoms with Crippen molar-refractivity contribution in [1.82, 2.24) is 19.1 Å². The van der Waals surface area contributed by atoms with Gasteiger partial charge >= 0.3 is 0 Å². The third kappa shape index (κ3) is 2.66. The normalized spacial score (nSPS) is 18.7. The van der Waals surface area contributed by atoms with Crippen molar-refractivity contribution < 1.29 is 0 Å². The van der Waals surface area contributed by atoms with E-state index in [-0.39, 0.29) is 5.37 Å². The number of hydrogen-bond acceptors (Lipinski definition) is 3. The van der Waals surface area contributed by atoms with Gasteiger partial charge < -0.3 is 9.13 Å². The highest BCUT2D eigenvalue weighted by Crippen LogP contribution is 2.44. The minimum Gasteiger partial charge on any atom is -0.321 e. The number of benzene rings is 2. The molecule has 4 aromatic heterocycles. The zero-order chi connectivity index (χ0) is 22.1. The first-order valence-corrected chi connectivity index (χ1v) is 12.2. The van der Waals surface area contributed by atoms with E-state index in [0.29, 0.717) is 5.25 Å². The molecule has 160 valence electrons. The summed E-state index contributed by atoms with van der Waals surface area (Å²) < 4.78 is 4.76. The lowest BCUT2D eigenvalue weighted by Crippen LogP contribution is -2.02. The van der Waals surface area contributed by atoms with E-state index in [0.717, 1.165) is 44.2 Å². The molecule has 1 aliphatic rings. The lowest BCUT2D eigenvalue weighted by molar-refractivity contribution is 0.876. The molecule has 5 heterocycles. The van der Waals surface area contributed by atoms with Gasteiger partial charge in [-0.3, -0.25) is 4.98 Å². The van der Waals surface area contributed by atoms with Crippen LogP contribution in [0.2, 0.25) is 0 Å². The number of fused-ring (bicyclic) bond motifs is 6. The molecule has 33 heavy (non-hydrogen) atoms. The molecule has 0 spiro atoms. The van der Waals surface area contributed by atoms with Crippen LogP contribution in [0.1, 0.15) is 19.2 Å². The number of rotatable bonds is 2. The van der Waals surface area contributed by atoms with Gasteiger partial charge in [-0.1, -0.05) is 48.0 Å². The molecule has 6 aromatic rings. The molecule has 2 unspecified atom stereocenters. The first-order valence-electron chi connectivity index (χ1n) is 11.3. The lowest BCUT2D eigenvalue weighted by atomic mass is 10.2. The van der Waals surface area contributed by atoms with Gasteiger partial charge in [-0.05, 0) is 50.2 Å². The van der Waals surface area contributed by atoms with E-state index < -0.39 is 0 Å². The largest absolute Gasteiger partial charge is 0.321 e. The number of nitrogens with zero attached hydrogens (tertiary/aromatic N) is 4. The van der Waals surface area contributed by atoms with Gasteiger partial charge in [0.25, 0.3) is 0 Å². The van der Waals surface area contributed by atoms with Crippen molar-refractivity contribution in [3.8, 4) is 5.69 Å². The molecule has 2 atom stereocenters. The molecular weight excluding hydrogens is 424 g/mol. The average Bonchev–Trinajstić information content (AvgIpc) is 3.47. The van der Waals surface area contributed by atoms with Crippen LogP contribution in [0.25, 0.3) is 49.7 Å². The highest BCUT2D eigenvalue weighted by Gasteiger charge is 2.27. The second kappa shape index (κ2) is 6.96. The molecule has 0 N–H and O–H groups in total. The number of aromatic nitrogens is 4. The fourth-order valence-corrected chi connectivity index (χ4v) is 6.46. The Morgan fingerprint density at radius 1 is 0.788 bits per heavy atom. The van der Waals surface area contributed by atoms with E-state index in [4.69, 9.17) is 9.97 Å². The molecule has 0 radical (unpaired) electrons.